The van der Waals surface area contributed by atoms with Gasteiger partial charge in [-0.2, -0.15) is 0 Å². The van der Waals surface area contributed by atoms with Crippen LogP contribution in [0.2, 0.25) is 0 Å². The van der Waals surface area contributed by atoms with Crippen LogP contribution in [-0.4, -0.2) is 28.4 Å². The molecule has 0 aliphatic rings. The highest BCUT2D eigenvalue weighted by Gasteiger charge is 2.31. The fourth-order valence-corrected chi connectivity index (χ4v) is 2.52. The van der Waals surface area contributed by atoms with Crippen molar-refractivity contribution in [2.75, 3.05) is 6.54 Å². The maximum atomic E-state index is 11.7. The minimum Gasteiger partial charge on any atom is -0.479 e. The molecule has 0 aliphatic heterocycles. The molecule has 0 fully saturated rings. The van der Waals surface area contributed by atoms with Crippen molar-refractivity contribution >= 4 is 11.9 Å². The van der Waals surface area contributed by atoms with Gasteiger partial charge in [-0.3, -0.25) is 4.79 Å². The SMILES string of the molecule is C#CCN(C(C)=O)C(C(=O)O)c1c(C)cc(C)cc1C. The zero-order chi connectivity index (χ0) is 15.4. The Morgan fingerprint density at radius 2 is 1.80 bits per heavy atom. The average molecular weight is 273 g/mol. The van der Waals surface area contributed by atoms with Crippen molar-refractivity contribution in [3.8, 4) is 12.3 Å². The Morgan fingerprint density at radius 3 is 2.15 bits per heavy atom. The number of amides is 1. The molecule has 4 nitrogen and oxygen atoms in total. The molecule has 20 heavy (non-hydrogen) atoms. The minimum absolute atomic E-state index is 0.0287. The number of carbonyl (C=O) groups excluding carboxylic acids is 1. The van der Waals surface area contributed by atoms with Crippen LogP contribution < -0.4 is 0 Å². The first-order chi connectivity index (χ1) is 9.29. The molecule has 0 aliphatic carbocycles. The monoisotopic (exact) mass is 273 g/mol. The number of carbonyl (C=O) groups is 2. The van der Waals surface area contributed by atoms with E-state index in [1.54, 1.807) is 0 Å². The third kappa shape index (κ3) is 3.18. The molecule has 106 valence electrons. The molecule has 1 unspecified atom stereocenters. The van der Waals surface area contributed by atoms with E-state index in [-0.39, 0.29) is 12.5 Å². The number of hydrogen-bond donors (Lipinski definition) is 1. The fourth-order valence-electron chi connectivity index (χ4n) is 2.52. The van der Waals surface area contributed by atoms with Gasteiger partial charge in [0, 0.05) is 6.92 Å². The van der Waals surface area contributed by atoms with Crippen molar-refractivity contribution < 1.29 is 14.7 Å². The summed E-state index contributed by atoms with van der Waals surface area (Å²) < 4.78 is 0. The van der Waals surface area contributed by atoms with E-state index in [1.807, 2.05) is 32.9 Å². The van der Waals surface area contributed by atoms with Gasteiger partial charge in [0.15, 0.2) is 6.04 Å². The van der Waals surface area contributed by atoms with Crippen LogP contribution in [0.5, 0.6) is 0 Å². The summed E-state index contributed by atoms with van der Waals surface area (Å²) in [6.07, 6.45) is 5.25. The largest absolute Gasteiger partial charge is 0.479 e. The Labute approximate surface area is 119 Å². The van der Waals surface area contributed by atoms with Crippen LogP contribution in [0, 0.1) is 33.1 Å². The van der Waals surface area contributed by atoms with Crippen LogP contribution in [0.1, 0.15) is 35.2 Å². The highest BCUT2D eigenvalue weighted by atomic mass is 16.4. The zero-order valence-corrected chi connectivity index (χ0v) is 12.2. The van der Waals surface area contributed by atoms with Crippen LogP contribution in [0.15, 0.2) is 12.1 Å². The van der Waals surface area contributed by atoms with E-state index >= 15 is 0 Å². The number of nitrogens with zero attached hydrogens (tertiary/aromatic N) is 1. The molecule has 1 rings (SSSR count). The van der Waals surface area contributed by atoms with Gasteiger partial charge in [-0.15, -0.1) is 6.42 Å². The van der Waals surface area contributed by atoms with E-state index in [0.717, 1.165) is 16.7 Å². The molecule has 1 N–H and O–H groups in total. The molecule has 0 spiro atoms. The first-order valence-electron chi connectivity index (χ1n) is 6.30. The van der Waals surface area contributed by atoms with Crippen molar-refractivity contribution in [3.05, 3.63) is 34.4 Å². The van der Waals surface area contributed by atoms with Gasteiger partial charge in [-0.25, -0.2) is 4.79 Å². The molecular weight excluding hydrogens is 254 g/mol. The first kappa shape index (κ1) is 15.8. The minimum atomic E-state index is -1.08. The summed E-state index contributed by atoms with van der Waals surface area (Å²) in [5.41, 5.74) is 3.38. The lowest BCUT2D eigenvalue weighted by Crippen LogP contribution is -2.38. The van der Waals surface area contributed by atoms with Gasteiger partial charge in [0.25, 0.3) is 0 Å². The maximum Gasteiger partial charge on any atom is 0.331 e. The summed E-state index contributed by atoms with van der Waals surface area (Å²) in [5.74, 6) is 0.916. The van der Waals surface area contributed by atoms with E-state index in [2.05, 4.69) is 5.92 Å². The number of terminal acetylenes is 1. The van der Waals surface area contributed by atoms with Gasteiger partial charge in [0.1, 0.15) is 0 Å². The number of rotatable bonds is 4. The summed E-state index contributed by atoms with van der Waals surface area (Å²) in [5, 5.41) is 9.53. The molecule has 1 aromatic carbocycles. The molecule has 0 heterocycles. The lowest BCUT2D eigenvalue weighted by molar-refractivity contribution is -0.149. The van der Waals surface area contributed by atoms with Crippen molar-refractivity contribution in [1.29, 1.82) is 0 Å². The zero-order valence-electron chi connectivity index (χ0n) is 12.2. The molecular formula is C16H19NO3. The molecule has 0 saturated carbocycles. The summed E-state index contributed by atoms with van der Waals surface area (Å²) in [4.78, 5) is 24.6. The highest BCUT2D eigenvalue weighted by Crippen LogP contribution is 2.28. The molecule has 1 amide bonds. The molecule has 4 heteroatoms. The second-order valence-electron chi connectivity index (χ2n) is 4.90. The maximum absolute atomic E-state index is 11.7. The normalized spacial score (nSPS) is 11.6. The van der Waals surface area contributed by atoms with Crippen molar-refractivity contribution in [3.63, 3.8) is 0 Å². The van der Waals surface area contributed by atoms with Gasteiger partial charge in [0.2, 0.25) is 5.91 Å². The second kappa shape index (κ2) is 6.25. The Bertz CT molecular complexity index is 561. The highest BCUT2D eigenvalue weighted by molar-refractivity contribution is 5.84. The van der Waals surface area contributed by atoms with Crippen LogP contribution in [0.25, 0.3) is 0 Å². The van der Waals surface area contributed by atoms with Gasteiger partial charge in [-0.1, -0.05) is 23.6 Å². The average Bonchev–Trinajstić information content (AvgIpc) is 2.30. The van der Waals surface area contributed by atoms with E-state index in [4.69, 9.17) is 6.42 Å². The fraction of sp³-hybridized carbons (Fsp3) is 0.375. The van der Waals surface area contributed by atoms with Crippen molar-refractivity contribution in [2.45, 2.75) is 33.7 Å². The van der Waals surface area contributed by atoms with Gasteiger partial charge < -0.3 is 10.0 Å². The molecule has 0 bridgehead atoms. The molecule has 1 atom stereocenters. The molecule has 1 aromatic rings. The third-order valence-corrected chi connectivity index (χ3v) is 3.22. The Morgan fingerprint density at radius 1 is 1.30 bits per heavy atom. The third-order valence-electron chi connectivity index (χ3n) is 3.22. The van der Waals surface area contributed by atoms with Gasteiger partial charge in [-0.05, 0) is 37.5 Å². The van der Waals surface area contributed by atoms with E-state index in [0.29, 0.717) is 5.56 Å². The molecule has 0 radical (unpaired) electrons. The number of aliphatic carboxylic acids is 1. The smallest absolute Gasteiger partial charge is 0.331 e. The van der Waals surface area contributed by atoms with Gasteiger partial charge >= 0.3 is 5.97 Å². The Balaban J connectivity index is 3.46. The predicted molar refractivity (Wildman–Crippen MR) is 77.2 cm³/mol. The van der Waals surface area contributed by atoms with Gasteiger partial charge in [0.05, 0.1) is 6.54 Å². The number of aryl methyl sites for hydroxylation is 3. The van der Waals surface area contributed by atoms with E-state index in [1.165, 1.54) is 11.8 Å². The van der Waals surface area contributed by atoms with E-state index < -0.39 is 12.0 Å². The predicted octanol–water partition coefficient (Wildman–Crippen LogP) is 2.22. The first-order valence-corrected chi connectivity index (χ1v) is 6.30. The topological polar surface area (TPSA) is 57.6 Å². The lowest BCUT2D eigenvalue weighted by atomic mass is 9.93. The molecule has 0 saturated heterocycles. The summed E-state index contributed by atoms with van der Waals surface area (Å²) in [6, 6.07) is 2.77. The quantitative estimate of drug-likeness (QED) is 0.856. The van der Waals surface area contributed by atoms with Crippen molar-refractivity contribution in [2.24, 2.45) is 0 Å². The van der Waals surface area contributed by atoms with Crippen LogP contribution in [0.4, 0.5) is 0 Å². The summed E-state index contributed by atoms with van der Waals surface area (Å²) >= 11 is 0. The Hall–Kier alpha value is -2.28. The standard InChI is InChI=1S/C16H19NO3/c1-6-7-17(13(5)18)15(16(19)20)14-11(3)8-10(2)9-12(14)4/h1,8-9,15H,7H2,2-5H3,(H,19,20). The number of hydrogen-bond acceptors (Lipinski definition) is 2. The molecule has 0 aromatic heterocycles. The van der Waals surface area contributed by atoms with Crippen LogP contribution >= 0.6 is 0 Å². The summed E-state index contributed by atoms with van der Waals surface area (Å²) in [6.45, 7) is 6.94. The number of carboxylic acids is 1. The number of benzene rings is 1. The summed E-state index contributed by atoms with van der Waals surface area (Å²) in [7, 11) is 0. The van der Waals surface area contributed by atoms with Crippen LogP contribution in [-0.2, 0) is 9.59 Å². The number of carboxylic acid groups (broad SMARTS) is 1. The Kier molecular flexibility index (Phi) is 4.93. The van der Waals surface area contributed by atoms with Crippen LogP contribution in [0.3, 0.4) is 0 Å². The lowest BCUT2D eigenvalue weighted by Gasteiger charge is -2.29. The second-order valence-corrected chi connectivity index (χ2v) is 4.90. The van der Waals surface area contributed by atoms with E-state index in [9.17, 15) is 14.7 Å². The van der Waals surface area contributed by atoms with Crippen molar-refractivity contribution in [1.82, 2.24) is 4.90 Å².